The molecule has 1 amide bonds. The number of carboxylic acid groups (broad SMARTS) is 1. The molecule has 0 spiro atoms. The lowest BCUT2D eigenvalue weighted by atomic mass is 10.0. The number of aromatic nitrogens is 2. The van der Waals surface area contributed by atoms with Crippen molar-refractivity contribution in [2.75, 3.05) is 49.1 Å². The van der Waals surface area contributed by atoms with Crippen LogP contribution in [-0.2, 0) is 6.42 Å². The van der Waals surface area contributed by atoms with E-state index in [1.54, 1.807) is 38.1 Å². The number of piperazine rings is 1. The molecule has 0 atom stereocenters. The topological polar surface area (TPSA) is 84.9 Å². The number of benzene rings is 3. The number of H-pyrrole nitrogens is 1. The molecule has 0 aliphatic carbocycles. The van der Waals surface area contributed by atoms with Gasteiger partial charge < -0.3 is 19.7 Å². The molecule has 2 heterocycles. The summed E-state index contributed by atoms with van der Waals surface area (Å²) in [5, 5.41) is 9.79. The number of rotatable bonds is 9. The van der Waals surface area contributed by atoms with Crippen LogP contribution >= 0.6 is 34.8 Å². The first-order valence-corrected chi connectivity index (χ1v) is 15.5. The van der Waals surface area contributed by atoms with Gasteiger partial charge in [-0.3, -0.25) is 9.80 Å². The van der Waals surface area contributed by atoms with E-state index in [9.17, 15) is 9.90 Å². The molecule has 11 heteroatoms. The molecular weight excluding hydrogens is 609 g/mol. The monoisotopic (exact) mass is 643 g/mol. The number of aryl methyl sites for hydroxylation is 1. The number of halogens is 3. The fourth-order valence-electron chi connectivity index (χ4n) is 5.30. The number of anilines is 2. The summed E-state index contributed by atoms with van der Waals surface area (Å²) >= 11 is 18.2. The van der Waals surface area contributed by atoms with Gasteiger partial charge in [-0.15, -0.1) is 0 Å². The average Bonchev–Trinajstić information content (AvgIpc) is 3.42. The van der Waals surface area contributed by atoms with Crippen LogP contribution in [-0.4, -0.2) is 74.7 Å². The molecule has 5 rings (SSSR count). The molecular formula is C32H36Cl3N5O3. The highest BCUT2D eigenvalue weighted by Crippen LogP contribution is 2.43. The standard InChI is InChI=1S/C32H36Cl3N5O3/c1-4-22-8-10-23(11-9-22)29-36-26-6-5-7-27(28(26)37-29)39-18-16-38(17-19-39)20-21-43-25-14-12-24(13-15-25)40(30(41)42)31(2,3)32(33,34)35/h5-15H,4,16-21H2,1-3H3,(H,36,37)(H,41,42). The van der Waals surface area contributed by atoms with Crippen LogP contribution < -0.4 is 14.5 Å². The molecule has 1 aromatic heterocycles. The number of nitrogens with zero attached hydrogens (tertiary/aromatic N) is 4. The number of fused-ring (bicyclic) bond motifs is 1. The van der Waals surface area contributed by atoms with Gasteiger partial charge in [0.1, 0.15) is 23.7 Å². The summed E-state index contributed by atoms with van der Waals surface area (Å²) in [5.41, 5.74) is 4.68. The third-order valence-electron chi connectivity index (χ3n) is 8.06. The van der Waals surface area contributed by atoms with Gasteiger partial charge in [-0.1, -0.05) is 72.1 Å². The van der Waals surface area contributed by atoms with Crippen molar-refractivity contribution in [2.45, 2.75) is 36.5 Å². The van der Waals surface area contributed by atoms with Crippen LogP contribution in [0.15, 0.2) is 66.7 Å². The Labute approximate surface area is 267 Å². The van der Waals surface area contributed by atoms with Gasteiger partial charge in [0.25, 0.3) is 0 Å². The highest BCUT2D eigenvalue weighted by molar-refractivity contribution is 6.68. The second-order valence-corrected chi connectivity index (χ2v) is 13.4. The summed E-state index contributed by atoms with van der Waals surface area (Å²) in [6.45, 7) is 10.2. The molecule has 0 saturated carbocycles. The van der Waals surface area contributed by atoms with Gasteiger partial charge in [0.2, 0.25) is 3.79 Å². The van der Waals surface area contributed by atoms with Crippen molar-refractivity contribution in [3.63, 3.8) is 0 Å². The maximum Gasteiger partial charge on any atom is 0.412 e. The first-order chi connectivity index (χ1) is 20.5. The Morgan fingerprint density at radius 1 is 1.00 bits per heavy atom. The lowest BCUT2D eigenvalue weighted by molar-refractivity contribution is 0.194. The summed E-state index contributed by atoms with van der Waals surface area (Å²) in [6.07, 6.45) is -0.197. The van der Waals surface area contributed by atoms with Crippen molar-refractivity contribution in [3.05, 3.63) is 72.3 Å². The fraction of sp³-hybridized carbons (Fsp3) is 0.375. The Morgan fingerprint density at radius 3 is 2.28 bits per heavy atom. The quantitative estimate of drug-likeness (QED) is 0.182. The van der Waals surface area contributed by atoms with E-state index >= 15 is 0 Å². The SMILES string of the molecule is CCc1ccc(-c2nc3c(N4CCN(CCOc5ccc(N(C(=O)O)C(C)(C)C(Cl)(Cl)Cl)cc5)CC4)cccc3[nH]2)cc1. The van der Waals surface area contributed by atoms with Gasteiger partial charge in [-0.25, -0.2) is 9.78 Å². The van der Waals surface area contributed by atoms with Crippen molar-refractivity contribution in [2.24, 2.45) is 0 Å². The molecule has 1 aliphatic heterocycles. The second kappa shape index (κ2) is 12.8. The minimum atomic E-state index is -1.82. The number of carbonyl (C=O) groups is 1. The summed E-state index contributed by atoms with van der Waals surface area (Å²) in [4.78, 5) is 26.3. The fourth-order valence-corrected chi connectivity index (χ4v) is 5.56. The Kier molecular flexibility index (Phi) is 9.32. The first kappa shape index (κ1) is 31.3. The van der Waals surface area contributed by atoms with E-state index in [-0.39, 0.29) is 0 Å². The van der Waals surface area contributed by atoms with Gasteiger partial charge in [0, 0.05) is 44.0 Å². The summed E-state index contributed by atoms with van der Waals surface area (Å²) in [5.74, 6) is 1.53. The molecule has 1 saturated heterocycles. The molecule has 3 aromatic carbocycles. The van der Waals surface area contributed by atoms with Crippen LogP contribution in [0.2, 0.25) is 0 Å². The van der Waals surface area contributed by atoms with E-state index in [4.69, 9.17) is 44.5 Å². The van der Waals surface area contributed by atoms with Crippen molar-refractivity contribution in [1.29, 1.82) is 0 Å². The Balaban J connectivity index is 1.15. The molecule has 4 aromatic rings. The predicted molar refractivity (Wildman–Crippen MR) is 176 cm³/mol. The van der Waals surface area contributed by atoms with Crippen molar-refractivity contribution in [3.8, 4) is 17.1 Å². The van der Waals surface area contributed by atoms with E-state index in [0.29, 0.717) is 18.0 Å². The van der Waals surface area contributed by atoms with Gasteiger partial charge in [0.15, 0.2) is 0 Å². The molecule has 228 valence electrons. The number of imidazole rings is 1. The molecule has 1 fully saturated rings. The number of alkyl halides is 3. The number of amides is 1. The van der Waals surface area contributed by atoms with Crippen molar-refractivity contribution in [1.82, 2.24) is 14.9 Å². The highest BCUT2D eigenvalue weighted by atomic mass is 35.6. The van der Waals surface area contributed by atoms with Gasteiger partial charge in [0.05, 0.1) is 16.7 Å². The number of ether oxygens (including phenoxy) is 1. The molecule has 2 N–H and O–H groups in total. The molecule has 43 heavy (non-hydrogen) atoms. The van der Waals surface area contributed by atoms with Gasteiger partial charge >= 0.3 is 6.09 Å². The first-order valence-electron chi connectivity index (χ1n) is 14.4. The number of hydrogen-bond acceptors (Lipinski definition) is 5. The lowest BCUT2D eigenvalue weighted by Crippen LogP contribution is -2.55. The third-order valence-corrected chi connectivity index (χ3v) is 9.44. The van der Waals surface area contributed by atoms with E-state index < -0.39 is 15.4 Å². The number of para-hydroxylation sites is 1. The largest absolute Gasteiger partial charge is 0.492 e. The second-order valence-electron chi connectivity index (χ2n) is 11.2. The molecule has 0 radical (unpaired) electrons. The van der Waals surface area contributed by atoms with Crippen molar-refractivity contribution < 1.29 is 14.6 Å². The Hall–Kier alpha value is -3.17. The molecule has 8 nitrogen and oxygen atoms in total. The van der Waals surface area contributed by atoms with Crippen molar-refractivity contribution >= 4 is 63.3 Å². The third kappa shape index (κ3) is 6.83. The summed E-state index contributed by atoms with van der Waals surface area (Å²) < 4.78 is 4.15. The van der Waals surface area contributed by atoms with Crippen LogP contribution in [0.4, 0.5) is 16.2 Å². The zero-order valence-corrected chi connectivity index (χ0v) is 26.8. The van der Waals surface area contributed by atoms with E-state index in [1.165, 1.54) is 5.56 Å². The minimum absolute atomic E-state index is 0.390. The maximum absolute atomic E-state index is 12.0. The van der Waals surface area contributed by atoms with Crippen LogP contribution in [0, 0.1) is 0 Å². The smallest absolute Gasteiger partial charge is 0.412 e. The Morgan fingerprint density at radius 2 is 1.67 bits per heavy atom. The van der Waals surface area contributed by atoms with E-state index in [1.807, 2.05) is 0 Å². The van der Waals surface area contributed by atoms with Gasteiger partial charge in [-0.05, 0) is 62.2 Å². The summed E-state index contributed by atoms with van der Waals surface area (Å²) in [7, 11) is 0. The van der Waals surface area contributed by atoms with E-state index in [2.05, 4.69) is 64.2 Å². The number of hydrogen-bond donors (Lipinski definition) is 2. The van der Waals surface area contributed by atoms with Crippen LogP contribution in [0.25, 0.3) is 22.4 Å². The maximum atomic E-state index is 12.0. The van der Waals surface area contributed by atoms with Gasteiger partial charge in [-0.2, -0.15) is 0 Å². The highest BCUT2D eigenvalue weighted by Gasteiger charge is 2.48. The predicted octanol–water partition coefficient (Wildman–Crippen LogP) is 7.63. The zero-order chi connectivity index (χ0) is 30.8. The molecule has 1 aliphatic rings. The summed E-state index contributed by atoms with van der Waals surface area (Å²) in [6, 6.07) is 21.7. The van der Waals surface area contributed by atoms with E-state index in [0.717, 1.165) is 72.2 Å². The zero-order valence-electron chi connectivity index (χ0n) is 24.5. The number of aromatic amines is 1. The lowest BCUT2D eigenvalue weighted by Gasteiger charge is -2.41. The van der Waals surface area contributed by atoms with Crippen LogP contribution in [0.1, 0.15) is 26.3 Å². The van der Waals surface area contributed by atoms with Crippen LogP contribution in [0.5, 0.6) is 5.75 Å². The average molecular weight is 645 g/mol. The Bertz CT molecular complexity index is 1540. The normalized spacial score (nSPS) is 14.7. The molecule has 0 unspecified atom stereocenters. The minimum Gasteiger partial charge on any atom is -0.492 e. The number of nitrogens with one attached hydrogen (secondary N) is 1. The molecule has 0 bridgehead atoms. The van der Waals surface area contributed by atoms with Crippen LogP contribution in [0.3, 0.4) is 0 Å².